The highest BCUT2D eigenvalue weighted by atomic mass is 16.5. The Morgan fingerprint density at radius 1 is 0.923 bits per heavy atom. The van der Waals surface area contributed by atoms with E-state index in [1.54, 1.807) is 0 Å². The highest BCUT2D eigenvalue weighted by molar-refractivity contribution is 5.93. The van der Waals surface area contributed by atoms with E-state index in [2.05, 4.69) is 9.88 Å². The van der Waals surface area contributed by atoms with Gasteiger partial charge in [0, 0.05) is 37.8 Å². The van der Waals surface area contributed by atoms with Gasteiger partial charge < -0.3 is 14.5 Å². The lowest BCUT2D eigenvalue weighted by Gasteiger charge is -2.29. The van der Waals surface area contributed by atoms with Gasteiger partial charge in [-0.3, -0.25) is 4.79 Å². The summed E-state index contributed by atoms with van der Waals surface area (Å²) >= 11 is 0. The first-order chi connectivity index (χ1) is 12.8. The third-order valence-corrected chi connectivity index (χ3v) is 4.94. The standard InChI is InChI=1S/C20H24N4O2/c25-20(24-11-13-26-14-12-24)17-15-18(23-9-5-2-6-10-23)22-19(21-17)16-7-3-1-4-8-16/h1,3-4,7-8,15H,2,5-6,9-14H2. The summed E-state index contributed by atoms with van der Waals surface area (Å²) in [6.45, 7) is 4.36. The normalized spacial score (nSPS) is 18.0. The second kappa shape index (κ2) is 7.83. The number of carbonyl (C=O) groups excluding carboxylic acids is 1. The van der Waals surface area contributed by atoms with E-state index in [4.69, 9.17) is 9.72 Å². The molecule has 4 rings (SSSR count). The van der Waals surface area contributed by atoms with Crippen molar-refractivity contribution in [2.45, 2.75) is 19.3 Å². The van der Waals surface area contributed by atoms with E-state index in [0.29, 0.717) is 37.8 Å². The smallest absolute Gasteiger partial charge is 0.272 e. The SMILES string of the molecule is O=C(c1cc(N2CCCCC2)nc(-c2ccccc2)n1)N1CCOCC1. The van der Waals surface area contributed by atoms with Crippen LogP contribution in [-0.4, -0.2) is 60.2 Å². The van der Waals surface area contributed by atoms with Crippen molar-refractivity contribution in [2.75, 3.05) is 44.3 Å². The highest BCUT2D eigenvalue weighted by Gasteiger charge is 2.23. The zero-order chi connectivity index (χ0) is 17.8. The fraction of sp³-hybridized carbons (Fsp3) is 0.450. The number of anilines is 1. The Balaban J connectivity index is 1.70. The number of aromatic nitrogens is 2. The number of benzene rings is 1. The van der Waals surface area contributed by atoms with Crippen LogP contribution >= 0.6 is 0 Å². The highest BCUT2D eigenvalue weighted by Crippen LogP contribution is 2.23. The maximum Gasteiger partial charge on any atom is 0.272 e. The van der Waals surface area contributed by atoms with Crippen LogP contribution in [0.2, 0.25) is 0 Å². The minimum absolute atomic E-state index is 0.0360. The van der Waals surface area contributed by atoms with E-state index in [9.17, 15) is 4.79 Å². The van der Waals surface area contributed by atoms with Crippen LogP contribution in [0.4, 0.5) is 5.82 Å². The van der Waals surface area contributed by atoms with E-state index in [-0.39, 0.29) is 5.91 Å². The average Bonchev–Trinajstić information content (AvgIpc) is 2.75. The Kier molecular flexibility index (Phi) is 5.11. The van der Waals surface area contributed by atoms with Gasteiger partial charge in [-0.25, -0.2) is 9.97 Å². The molecule has 2 aromatic rings. The molecule has 1 aromatic heterocycles. The number of rotatable bonds is 3. The number of ether oxygens (including phenoxy) is 1. The average molecular weight is 352 g/mol. The number of morpholine rings is 1. The maximum absolute atomic E-state index is 13.0. The Bertz CT molecular complexity index is 754. The fourth-order valence-electron chi connectivity index (χ4n) is 3.47. The van der Waals surface area contributed by atoms with Crippen molar-refractivity contribution in [3.63, 3.8) is 0 Å². The summed E-state index contributed by atoms with van der Waals surface area (Å²) in [5.41, 5.74) is 1.41. The molecule has 1 amide bonds. The number of hydrogen-bond donors (Lipinski definition) is 0. The van der Waals surface area contributed by atoms with Gasteiger partial charge in [0.2, 0.25) is 0 Å². The van der Waals surface area contributed by atoms with Gasteiger partial charge in [-0.15, -0.1) is 0 Å². The molecule has 0 saturated carbocycles. The maximum atomic E-state index is 13.0. The van der Waals surface area contributed by atoms with Gasteiger partial charge in [0.15, 0.2) is 5.82 Å². The first-order valence-corrected chi connectivity index (χ1v) is 9.38. The molecule has 6 nitrogen and oxygen atoms in total. The number of hydrogen-bond acceptors (Lipinski definition) is 5. The van der Waals surface area contributed by atoms with Gasteiger partial charge in [-0.1, -0.05) is 30.3 Å². The van der Waals surface area contributed by atoms with Crippen molar-refractivity contribution in [2.24, 2.45) is 0 Å². The fourth-order valence-corrected chi connectivity index (χ4v) is 3.47. The quantitative estimate of drug-likeness (QED) is 0.850. The predicted molar refractivity (Wildman–Crippen MR) is 100 cm³/mol. The van der Waals surface area contributed by atoms with Gasteiger partial charge in [0.25, 0.3) is 5.91 Å². The third-order valence-electron chi connectivity index (χ3n) is 4.94. The van der Waals surface area contributed by atoms with Gasteiger partial charge in [-0.2, -0.15) is 0 Å². The largest absolute Gasteiger partial charge is 0.378 e. The molecule has 2 fully saturated rings. The Morgan fingerprint density at radius 3 is 2.38 bits per heavy atom. The molecule has 1 aromatic carbocycles. The van der Waals surface area contributed by atoms with Crippen molar-refractivity contribution in [1.82, 2.24) is 14.9 Å². The second-order valence-electron chi connectivity index (χ2n) is 6.75. The molecule has 2 saturated heterocycles. The van der Waals surface area contributed by atoms with Crippen LogP contribution < -0.4 is 4.90 Å². The summed E-state index contributed by atoms with van der Waals surface area (Å²) in [5.74, 6) is 1.44. The van der Waals surface area contributed by atoms with Gasteiger partial charge in [0.05, 0.1) is 13.2 Å². The van der Waals surface area contributed by atoms with E-state index in [1.165, 1.54) is 6.42 Å². The number of nitrogens with zero attached hydrogens (tertiary/aromatic N) is 4. The van der Waals surface area contributed by atoms with Crippen molar-refractivity contribution < 1.29 is 9.53 Å². The first-order valence-electron chi connectivity index (χ1n) is 9.38. The van der Waals surface area contributed by atoms with Crippen LogP contribution in [0.25, 0.3) is 11.4 Å². The second-order valence-corrected chi connectivity index (χ2v) is 6.75. The molecule has 2 aliphatic heterocycles. The molecule has 6 heteroatoms. The van der Waals surface area contributed by atoms with Crippen molar-refractivity contribution in [1.29, 1.82) is 0 Å². The van der Waals surface area contributed by atoms with Gasteiger partial charge in [0.1, 0.15) is 11.5 Å². The summed E-state index contributed by atoms with van der Waals surface area (Å²) in [6, 6.07) is 11.7. The van der Waals surface area contributed by atoms with E-state index in [0.717, 1.165) is 37.3 Å². The Labute approximate surface area is 153 Å². The zero-order valence-corrected chi connectivity index (χ0v) is 14.9. The van der Waals surface area contributed by atoms with Crippen LogP contribution in [0.15, 0.2) is 36.4 Å². The molecule has 0 radical (unpaired) electrons. The molecule has 136 valence electrons. The van der Waals surface area contributed by atoms with Crippen LogP contribution in [0.1, 0.15) is 29.8 Å². The molecule has 0 aliphatic carbocycles. The summed E-state index contributed by atoms with van der Waals surface area (Å²) in [4.78, 5) is 26.4. The minimum atomic E-state index is -0.0360. The molecule has 0 N–H and O–H groups in total. The summed E-state index contributed by atoms with van der Waals surface area (Å²) in [7, 11) is 0. The lowest BCUT2D eigenvalue weighted by atomic mass is 10.1. The Hall–Kier alpha value is -2.47. The van der Waals surface area contributed by atoms with Crippen LogP contribution in [0.5, 0.6) is 0 Å². The predicted octanol–water partition coefficient (Wildman–Crippen LogP) is 2.61. The summed E-state index contributed by atoms with van der Waals surface area (Å²) < 4.78 is 5.36. The number of piperidine rings is 1. The summed E-state index contributed by atoms with van der Waals surface area (Å²) in [5, 5.41) is 0. The third kappa shape index (κ3) is 3.70. The molecule has 0 spiro atoms. The number of carbonyl (C=O) groups is 1. The van der Waals surface area contributed by atoms with Crippen molar-refractivity contribution in [3.8, 4) is 11.4 Å². The molecule has 0 bridgehead atoms. The first kappa shape index (κ1) is 17.0. The minimum Gasteiger partial charge on any atom is -0.378 e. The molecule has 0 atom stereocenters. The molecular formula is C20H24N4O2. The topological polar surface area (TPSA) is 58.6 Å². The van der Waals surface area contributed by atoms with Crippen LogP contribution in [0, 0.1) is 0 Å². The van der Waals surface area contributed by atoms with E-state index < -0.39 is 0 Å². The lowest BCUT2D eigenvalue weighted by Crippen LogP contribution is -2.41. The molecule has 2 aliphatic rings. The van der Waals surface area contributed by atoms with E-state index >= 15 is 0 Å². The van der Waals surface area contributed by atoms with Crippen LogP contribution in [0.3, 0.4) is 0 Å². The van der Waals surface area contributed by atoms with E-state index in [1.807, 2.05) is 41.3 Å². The van der Waals surface area contributed by atoms with Crippen LogP contribution in [-0.2, 0) is 4.74 Å². The number of amides is 1. The molecule has 0 unspecified atom stereocenters. The lowest BCUT2D eigenvalue weighted by molar-refractivity contribution is 0.0299. The van der Waals surface area contributed by atoms with Crippen molar-refractivity contribution in [3.05, 3.63) is 42.1 Å². The molecular weight excluding hydrogens is 328 g/mol. The van der Waals surface area contributed by atoms with Gasteiger partial charge >= 0.3 is 0 Å². The summed E-state index contributed by atoms with van der Waals surface area (Å²) in [6.07, 6.45) is 3.58. The molecule has 3 heterocycles. The monoisotopic (exact) mass is 352 g/mol. The van der Waals surface area contributed by atoms with Crippen molar-refractivity contribution >= 4 is 11.7 Å². The van der Waals surface area contributed by atoms with Gasteiger partial charge in [-0.05, 0) is 19.3 Å². The zero-order valence-electron chi connectivity index (χ0n) is 14.9. The molecule has 26 heavy (non-hydrogen) atoms. The Morgan fingerprint density at radius 2 is 1.65 bits per heavy atom.